The van der Waals surface area contributed by atoms with Gasteiger partial charge in [0.15, 0.2) is 0 Å². The predicted molar refractivity (Wildman–Crippen MR) is 66.9 cm³/mol. The normalized spacial score (nSPS) is 10.5. The highest BCUT2D eigenvalue weighted by atomic mass is 19.1. The summed E-state index contributed by atoms with van der Waals surface area (Å²) in [6.07, 6.45) is 0. The SMILES string of the molecule is CCn1nc(-c2ccc(F)c([N+](=O)[O-])c2)cc1C(=O)O. The lowest BCUT2D eigenvalue weighted by Gasteiger charge is -1.99. The molecule has 2 rings (SSSR count). The second kappa shape index (κ2) is 5.08. The largest absolute Gasteiger partial charge is 0.477 e. The van der Waals surface area contributed by atoms with Crippen LogP contribution in [0.2, 0.25) is 0 Å². The van der Waals surface area contributed by atoms with Gasteiger partial charge in [0.05, 0.1) is 10.6 Å². The molecule has 1 aromatic heterocycles. The summed E-state index contributed by atoms with van der Waals surface area (Å²) in [6.45, 7) is 2.06. The van der Waals surface area contributed by atoms with Gasteiger partial charge in [-0.25, -0.2) is 4.79 Å². The predicted octanol–water partition coefficient (Wildman–Crippen LogP) is 2.32. The molecule has 0 bridgehead atoms. The Bertz CT molecular complexity index is 696. The topological polar surface area (TPSA) is 98.3 Å². The van der Waals surface area contributed by atoms with Gasteiger partial charge < -0.3 is 5.11 Å². The number of aromatic nitrogens is 2. The minimum absolute atomic E-state index is 0.0329. The minimum Gasteiger partial charge on any atom is -0.477 e. The molecule has 1 heterocycles. The molecular formula is C12H10FN3O4. The van der Waals surface area contributed by atoms with Crippen LogP contribution in [0.3, 0.4) is 0 Å². The molecule has 7 nitrogen and oxygen atoms in total. The van der Waals surface area contributed by atoms with Crippen molar-refractivity contribution >= 4 is 11.7 Å². The Labute approximate surface area is 112 Å². The van der Waals surface area contributed by atoms with E-state index in [1.807, 2.05) is 0 Å². The molecular weight excluding hydrogens is 269 g/mol. The lowest BCUT2D eigenvalue weighted by Crippen LogP contribution is -2.08. The quantitative estimate of drug-likeness (QED) is 0.684. The number of hydrogen-bond acceptors (Lipinski definition) is 4. The van der Waals surface area contributed by atoms with Crippen molar-refractivity contribution in [1.82, 2.24) is 9.78 Å². The first kappa shape index (κ1) is 13.7. The van der Waals surface area contributed by atoms with Gasteiger partial charge in [0, 0.05) is 18.2 Å². The van der Waals surface area contributed by atoms with Gasteiger partial charge in [-0.2, -0.15) is 9.49 Å². The van der Waals surface area contributed by atoms with E-state index in [9.17, 15) is 19.3 Å². The number of halogens is 1. The zero-order valence-electron chi connectivity index (χ0n) is 10.4. The Morgan fingerprint density at radius 1 is 1.50 bits per heavy atom. The van der Waals surface area contributed by atoms with Crippen LogP contribution in [-0.2, 0) is 6.54 Å². The summed E-state index contributed by atoms with van der Waals surface area (Å²) in [5, 5.41) is 23.7. The standard InChI is InChI=1S/C12H10FN3O4/c1-2-15-11(12(17)18)6-9(14-15)7-3-4-8(13)10(5-7)16(19)20/h3-6H,2H2,1H3,(H,17,18). The zero-order chi connectivity index (χ0) is 14.9. The molecule has 0 atom stereocenters. The van der Waals surface area contributed by atoms with Crippen molar-refractivity contribution in [2.24, 2.45) is 0 Å². The Morgan fingerprint density at radius 3 is 2.70 bits per heavy atom. The summed E-state index contributed by atoms with van der Waals surface area (Å²) in [7, 11) is 0. The maximum atomic E-state index is 13.3. The highest BCUT2D eigenvalue weighted by Gasteiger charge is 2.18. The van der Waals surface area contributed by atoms with E-state index in [0.717, 1.165) is 12.1 Å². The molecule has 0 spiro atoms. The van der Waals surface area contributed by atoms with Crippen LogP contribution in [0.25, 0.3) is 11.3 Å². The van der Waals surface area contributed by atoms with Crippen LogP contribution in [-0.4, -0.2) is 25.8 Å². The second-order valence-electron chi connectivity index (χ2n) is 3.96. The molecule has 0 fully saturated rings. The number of rotatable bonds is 4. The summed E-state index contributed by atoms with van der Waals surface area (Å²) in [6, 6.07) is 4.60. The van der Waals surface area contributed by atoms with Crippen LogP contribution in [0.5, 0.6) is 0 Å². The summed E-state index contributed by atoms with van der Waals surface area (Å²) in [4.78, 5) is 20.9. The van der Waals surface area contributed by atoms with E-state index in [0.29, 0.717) is 6.54 Å². The second-order valence-corrected chi connectivity index (χ2v) is 3.96. The number of carbonyl (C=O) groups is 1. The van der Waals surface area contributed by atoms with Gasteiger partial charge in [-0.3, -0.25) is 14.8 Å². The van der Waals surface area contributed by atoms with Crippen LogP contribution < -0.4 is 0 Å². The first-order valence-electron chi connectivity index (χ1n) is 5.69. The smallest absolute Gasteiger partial charge is 0.354 e. The molecule has 0 saturated carbocycles. The molecule has 0 aliphatic heterocycles. The molecule has 0 unspecified atom stereocenters. The Morgan fingerprint density at radius 2 is 2.20 bits per heavy atom. The van der Waals surface area contributed by atoms with Gasteiger partial charge in [0.1, 0.15) is 5.69 Å². The number of aromatic carboxylic acids is 1. The van der Waals surface area contributed by atoms with Crippen molar-refractivity contribution in [3.05, 3.63) is 45.9 Å². The van der Waals surface area contributed by atoms with Crippen molar-refractivity contribution in [1.29, 1.82) is 0 Å². The summed E-state index contributed by atoms with van der Waals surface area (Å²) < 4.78 is 14.5. The van der Waals surface area contributed by atoms with Crippen LogP contribution in [0, 0.1) is 15.9 Å². The van der Waals surface area contributed by atoms with E-state index in [4.69, 9.17) is 5.11 Å². The van der Waals surface area contributed by atoms with E-state index in [1.165, 1.54) is 16.8 Å². The first-order chi connectivity index (χ1) is 9.43. The number of carboxylic acids is 1. The minimum atomic E-state index is -1.15. The fourth-order valence-corrected chi connectivity index (χ4v) is 1.78. The number of nitro groups is 1. The summed E-state index contributed by atoms with van der Waals surface area (Å²) >= 11 is 0. The molecule has 8 heteroatoms. The lowest BCUT2D eigenvalue weighted by atomic mass is 10.1. The maximum absolute atomic E-state index is 13.3. The third-order valence-corrected chi connectivity index (χ3v) is 2.74. The van der Waals surface area contributed by atoms with Crippen molar-refractivity contribution < 1.29 is 19.2 Å². The maximum Gasteiger partial charge on any atom is 0.354 e. The number of benzene rings is 1. The van der Waals surface area contributed by atoms with E-state index < -0.39 is 22.4 Å². The molecule has 0 saturated heterocycles. The van der Waals surface area contributed by atoms with Gasteiger partial charge in [0.25, 0.3) is 0 Å². The number of aryl methyl sites for hydroxylation is 1. The molecule has 0 radical (unpaired) electrons. The highest BCUT2D eigenvalue weighted by molar-refractivity contribution is 5.87. The third-order valence-electron chi connectivity index (χ3n) is 2.74. The van der Waals surface area contributed by atoms with Gasteiger partial charge >= 0.3 is 11.7 Å². The molecule has 1 aromatic carbocycles. The molecule has 0 aliphatic rings. The first-order valence-corrected chi connectivity index (χ1v) is 5.69. The average Bonchev–Trinajstić information content (AvgIpc) is 2.83. The van der Waals surface area contributed by atoms with Crippen LogP contribution in [0.4, 0.5) is 10.1 Å². The van der Waals surface area contributed by atoms with Crippen LogP contribution in [0.1, 0.15) is 17.4 Å². The Balaban J connectivity index is 2.54. The van der Waals surface area contributed by atoms with Crippen molar-refractivity contribution in [3.63, 3.8) is 0 Å². The van der Waals surface area contributed by atoms with Gasteiger partial charge in [-0.05, 0) is 25.1 Å². The van der Waals surface area contributed by atoms with Gasteiger partial charge in [0.2, 0.25) is 5.82 Å². The van der Waals surface area contributed by atoms with Crippen molar-refractivity contribution in [2.45, 2.75) is 13.5 Å². The lowest BCUT2D eigenvalue weighted by molar-refractivity contribution is -0.387. The molecule has 20 heavy (non-hydrogen) atoms. The van der Waals surface area contributed by atoms with Crippen molar-refractivity contribution in [2.75, 3.05) is 0 Å². The van der Waals surface area contributed by atoms with E-state index in [1.54, 1.807) is 6.92 Å². The van der Waals surface area contributed by atoms with Gasteiger partial charge in [-0.15, -0.1) is 0 Å². The molecule has 0 aliphatic carbocycles. The third kappa shape index (κ3) is 2.35. The van der Waals surface area contributed by atoms with Gasteiger partial charge in [-0.1, -0.05) is 0 Å². The highest BCUT2D eigenvalue weighted by Crippen LogP contribution is 2.26. The molecule has 104 valence electrons. The number of carboxylic acid groups (broad SMARTS) is 1. The Hall–Kier alpha value is -2.77. The average molecular weight is 279 g/mol. The number of nitrogens with zero attached hydrogens (tertiary/aromatic N) is 3. The molecule has 0 amide bonds. The number of nitro benzene ring substituents is 1. The monoisotopic (exact) mass is 279 g/mol. The Kier molecular flexibility index (Phi) is 3.47. The van der Waals surface area contributed by atoms with Crippen LogP contribution in [0.15, 0.2) is 24.3 Å². The summed E-state index contributed by atoms with van der Waals surface area (Å²) in [5.41, 5.74) is -0.181. The van der Waals surface area contributed by atoms with E-state index in [2.05, 4.69) is 5.10 Å². The molecule has 2 aromatic rings. The molecule has 1 N–H and O–H groups in total. The fraction of sp³-hybridized carbons (Fsp3) is 0.167. The van der Waals surface area contributed by atoms with E-state index >= 15 is 0 Å². The van der Waals surface area contributed by atoms with Crippen molar-refractivity contribution in [3.8, 4) is 11.3 Å². The van der Waals surface area contributed by atoms with Crippen LogP contribution >= 0.6 is 0 Å². The number of hydrogen-bond donors (Lipinski definition) is 1. The van der Waals surface area contributed by atoms with E-state index in [-0.39, 0.29) is 17.0 Å². The summed E-state index contributed by atoms with van der Waals surface area (Å²) in [5.74, 6) is -2.10. The zero-order valence-corrected chi connectivity index (χ0v) is 10.4. The fourth-order valence-electron chi connectivity index (χ4n) is 1.78.